The summed E-state index contributed by atoms with van der Waals surface area (Å²) in [5, 5.41) is 1.01. The smallest absolute Gasteiger partial charge is 0.195 e. The van der Waals surface area contributed by atoms with E-state index in [0.717, 1.165) is 62.7 Å². The molecule has 0 spiro atoms. The average molecular weight is 569 g/mol. The summed E-state index contributed by atoms with van der Waals surface area (Å²) in [5.41, 5.74) is 3.60. The molecule has 3 heterocycles. The molecule has 2 aliphatic rings. The summed E-state index contributed by atoms with van der Waals surface area (Å²) in [7, 11) is 0. The van der Waals surface area contributed by atoms with Gasteiger partial charge in [-0.15, -0.1) is 11.3 Å². The van der Waals surface area contributed by atoms with Crippen molar-refractivity contribution in [2.75, 3.05) is 52.5 Å². The maximum absolute atomic E-state index is 14.1. The Hall–Kier alpha value is -3.19. The number of ether oxygens (including phenoxy) is 2. The van der Waals surface area contributed by atoms with E-state index in [1.54, 1.807) is 11.3 Å². The molecule has 2 saturated heterocycles. The monoisotopic (exact) mass is 568 g/mol. The molecule has 214 valence electrons. The summed E-state index contributed by atoms with van der Waals surface area (Å²) in [5.74, 6) is 1.82. The minimum Gasteiger partial charge on any atom is -0.492 e. The quantitative estimate of drug-likeness (QED) is 0.168. The van der Waals surface area contributed by atoms with Crippen LogP contribution in [0.4, 0.5) is 0 Å². The average Bonchev–Trinajstić information content (AvgIpc) is 3.79. The molecular formula is C35H40N2O3S. The van der Waals surface area contributed by atoms with E-state index in [9.17, 15) is 4.79 Å². The number of likely N-dealkylation sites (tertiary alicyclic amines) is 2. The van der Waals surface area contributed by atoms with Gasteiger partial charge < -0.3 is 9.47 Å². The molecule has 0 amide bonds. The third-order valence-electron chi connectivity index (χ3n) is 8.38. The normalized spacial score (nSPS) is 16.0. The fraction of sp³-hybridized carbons (Fsp3) is 0.400. The first-order valence-electron chi connectivity index (χ1n) is 15.2. The van der Waals surface area contributed by atoms with Crippen molar-refractivity contribution in [3.63, 3.8) is 0 Å². The van der Waals surface area contributed by atoms with Crippen molar-refractivity contribution in [2.24, 2.45) is 0 Å². The fourth-order valence-electron chi connectivity index (χ4n) is 6.05. The zero-order valence-electron chi connectivity index (χ0n) is 24.1. The number of rotatable bonds is 12. The van der Waals surface area contributed by atoms with Gasteiger partial charge in [0.2, 0.25) is 0 Å². The minimum atomic E-state index is 0.0571. The highest BCUT2D eigenvalue weighted by Crippen LogP contribution is 2.40. The summed E-state index contributed by atoms with van der Waals surface area (Å²) < 4.78 is 13.3. The molecule has 6 rings (SSSR count). The molecule has 2 aliphatic heterocycles. The molecule has 5 nitrogen and oxygen atoms in total. The molecule has 0 bridgehead atoms. The van der Waals surface area contributed by atoms with E-state index in [1.807, 2.05) is 42.5 Å². The Morgan fingerprint density at radius 1 is 0.805 bits per heavy atom. The van der Waals surface area contributed by atoms with Crippen molar-refractivity contribution < 1.29 is 14.3 Å². The summed E-state index contributed by atoms with van der Waals surface area (Å²) in [6.45, 7) is 10.1. The maximum atomic E-state index is 14.1. The molecule has 2 fully saturated rings. The Bertz CT molecular complexity index is 1470. The molecular weight excluding hydrogens is 528 g/mol. The number of ketones is 1. The Kier molecular flexibility index (Phi) is 9.00. The Labute approximate surface area is 247 Å². The number of nitrogens with zero attached hydrogens (tertiary/aromatic N) is 2. The highest BCUT2D eigenvalue weighted by Gasteiger charge is 2.22. The minimum absolute atomic E-state index is 0.0571. The van der Waals surface area contributed by atoms with Gasteiger partial charge in [-0.05, 0) is 118 Å². The molecule has 0 radical (unpaired) electrons. The highest BCUT2D eigenvalue weighted by molar-refractivity contribution is 7.22. The first kappa shape index (κ1) is 28.0. The molecule has 1 aromatic heterocycles. The number of aryl methyl sites for hydroxylation is 1. The third-order valence-corrected chi connectivity index (χ3v) is 9.60. The van der Waals surface area contributed by atoms with Crippen LogP contribution in [0.1, 0.15) is 54.1 Å². The first-order valence-corrected chi connectivity index (χ1v) is 16.0. The molecule has 6 heteroatoms. The maximum Gasteiger partial charge on any atom is 0.195 e. The van der Waals surface area contributed by atoms with Crippen molar-refractivity contribution in [3.8, 4) is 21.9 Å². The lowest BCUT2D eigenvalue weighted by Crippen LogP contribution is -2.25. The Balaban J connectivity index is 1.21. The van der Waals surface area contributed by atoms with Gasteiger partial charge in [-0.1, -0.05) is 25.1 Å². The molecule has 0 unspecified atom stereocenters. The highest BCUT2D eigenvalue weighted by atomic mass is 32.1. The van der Waals surface area contributed by atoms with Crippen LogP contribution in [0.25, 0.3) is 20.5 Å². The fourth-order valence-corrected chi connectivity index (χ4v) is 7.25. The van der Waals surface area contributed by atoms with Crippen molar-refractivity contribution in [3.05, 3.63) is 83.4 Å². The second kappa shape index (κ2) is 13.2. The summed E-state index contributed by atoms with van der Waals surface area (Å²) in [6, 6.07) is 22.4. The van der Waals surface area contributed by atoms with Crippen LogP contribution in [0.5, 0.6) is 11.5 Å². The lowest BCUT2D eigenvalue weighted by Gasteiger charge is -2.17. The number of benzene rings is 3. The predicted molar refractivity (Wildman–Crippen MR) is 169 cm³/mol. The first-order chi connectivity index (χ1) is 20.2. The second-order valence-corrected chi connectivity index (χ2v) is 12.2. The van der Waals surface area contributed by atoms with Gasteiger partial charge in [0.05, 0.1) is 0 Å². The molecule has 0 saturated carbocycles. The zero-order chi connectivity index (χ0) is 28.0. The molecule has 3 aromatic carbocycles. The summed E-state index contributed by atoms with van der Waals surface area (Å²) in [6.07, 6.45) is 5.97. The predicted octanol–water partition coefficient (Wildman–Crippen LogP) is 7.31. The van der Waals surface area contributed by atoms with Gasteiger partial charge in [0.25, 0.3) is 0 Å². The molecule has 0 N–H and O–H groups in total. The molecule has 4 aromatic rings. The van der Waals surface area contributed by atoms with Crippen LogP contribution in [0.3, 0.4) is 0 Å². The molecule has 41 heavy (non-hydrogen) atoms. The third kappa shape index (κ3) is 6.50. The van der Waals surface area contributed by atoms with Crippen LogP contribution >= 0.6 is 11.3 Å². The molecule has 0 aliphatic carbocycles. The van der Waals surface area contributed by atoms with Crippen LogP contribution in [-0.2, 0) is 6.42 Å². The molecule has 0 atom stereocenters. The number of hydrogen-bond donors (Lipinski definition) is 0. The topological polar surface area (TPSA) is 42.0 Å². The van der Waals surface area contributed by atoms with Crippen molar-refractivity contribution in [2.45, 2.75) is 39.0 Å². The van der Waals surface area contributed by atoms with E-state index in [4.69, 9.17) is 9.47 Å². The van der Waals surface area contributed by atoms with Gasteiger partial charge in [0.1, 0.15) is 24.7 Å². The SMILES string of the molecule is CCc1cc(C(=O)c2c(-c3ccc(OCCN4CCCC4)cc3)sc3ccccc23)ccc1OCCN1CCCC1. The Morgan fingerprint density at radius 2 is 1.46 bits per heavy atom. The van der Waals surface area contributed by atoms with Crippen molar-refractivity contribution in [1.82, 2.24) is 9.80 Å². The van der Waals surface area contributed by atoms with Gasteiger partial charge in [-0.25, -0.2) is 0 Å². The van der Waals surface area contributed by atoms with Crippen LogP contribution in [0.15, 0.2) is 66.7 Å². The van der Waals surface area contributed by atoms with Crippen molar-refractivity contribution in [1.29, 1.82) is 0 Å². The summed E-state index contributed by atoms with van der Waals surface area (Å²) >= 11 is 1.68. The van der Waals surface area contributed by atoms with Crippen molar-refractivity contribution >= 4 is 27.2 Å². The van der Waals surface area contributed by atoms with E-state index in [2.05, 4.69) is 41.0 Å². The van der Waals surface area contributed by atoms with E-state index >= 15 is 0 Å². The van der Waals surface area contributed by atoms with Crippen LogP contribution in [-0.4, -0.2) is 68.1 Å². The van der Waals surface area contributed by atoms with Gasteiger partial charge in [-0.3, -0.25) is 14.6 Å². The summed E-state index contributed by atoms with van der Waals surface area (Å²) in [4.78, 5) is 20.1. The number of carbonyl (C=O) groups excluding carboxylic acids is 1. The zero-order valence-corrected chi connectivity index (χ0v) is 24.9. The van der Waals surface area contributed by atoms with Crippen LogP contribution < -0.4 is 9.47 Å². The standard InChI is InChI=1S/C35H40N2O3S/c1-2-26-25-28(13-16-31(26)40-24-22-37-19-7-8-20-37)34(38)33-30-9-3-4-10-32(30)41-35(33)27-11-14-29(15-12-27)39-23-21-36-17-5-6-18-36/h3-4,9-16,25H,2,5-8,17-24H2,1H3. The number of hydrogen-bond acceptors (Lipinski definition) is 6. The second-order valence-electron chi connectivity index (χ2n) is 11.1. The van der Waals surface area contributed by atoms with E-state index < -0.39 is 0 Å². The number of fused-ring (bicyclic) bond motifs is 1. The van der Waals surface area contributed by atoms with Gasteiger partial charge in [-0.2, -0.15) is 0 Å². The van der Waals surface area contributed by atoms with Crippen LogP contribution in [0, 0.1) is 0 Å². The van der Waals surface area contributed by atoms with E-state index in [0.29, 0.717) is 18.8 Å². The van der Waals surface area contributed by atoms with Gasteiger partial charge in [0.15, 0.2) is 5.78 Å². The lowest BCUT2D eigenvalue weighted by atomic mass is 9.96. The lowest BCUT2D eigenvalue weighted by molar-refractivity contribution is 0.104. The van der Waals surface area contributed by atoms with Gasteiger partial charge in [0, 0.05) is 39.2 Å². The number of thiophene rings is 1. The van der Waals surface area contributed by atoms with E-state index in [1.165, 1.54) is 51.9 Å². The van der Waals surface area contributed by atoms with Gasteiger partial charge >= 0.3 is 0 Å². The largest absolute Gasteiger partial charge is 0.492 e. The van der Waals surface area contributed by atoms with Crippen LogP contribution in [0.2, 0.25) is 0 Å². The number of carbonyl (C=O) groups is 1. The Morgan fingerprint density at radius 3 is 2.15 bits per heavy atom. The van der Waals surface area contributed by atoms with E-state index in [-0.39, 0.29) is 5.78 Å².